The van der Waals surface area contributed by atoms with Gasteiger partial charge in [-0.15, -0.1) is 0 Å². The molecule has 2 aromatic rings. The van der Waals surface area contributed by atoms with Crippen LogP contribution in [0.3, 0.4) is 0 Å². The molecule has 2 N–H and O–H groups in total. The number of carbonyl (C=O) groups is 1. The largest absolute Gasteiger partial charge is 0.390 e. The molecule has 27 heavy (non-hydrogen) atoms. The fourth-order valence-electron chi connectivity index (χ4n) is 3.00. The molecule has 2 atom stereocenters. The first-order valence-electron chi connectivity index (χ1n) is 8.55. The zero-order chi connectivity index (χ0) is 19.7. The molecule has 0 spiro atoms. The first kappa shape index (κ1) is 19.7. The van der Waals surface area contributed by atoms with E-state index in [1.54, 1.807) is 12.1 Å². The maximum atomic E-state index is 12.6. The lowest BCUT2D eigenvalue weighted by molar-refractivity contribution is 0.0858. The van der Waals surface area contributed by atoms with Crippen LogP contribution in [-0.4, -0.2) is 41.9 Å². The Hall–Kier alpha value is -2.08. The fraction of sp³-hybridized carbons (Fsp3) is 0.300. The topological polar surface area (TPSA) is 64.9 Å². The van der Waals surface area contributed by atoms with Gasteiger partial charge in [-0.2, -0.15) is 0 Å². The molecule has 5 nitrogen and oxygen atoms in total. The molecular weight excluding hydrogens is 385 g/mol. The number of nitrogens with one attached hydrogen (secondary N) is 1. The molecule has 1 aliphatic carbocycles. The van der Waals surface area contributed by atoms with E-state index < -0.39 is 12.1 Å². The molecule has 0 saturated carbocycles. The zero-order valence-electron chi connectivity index (χ0n) is 15.3. The van der Waals surface area contributed by atoms with Gasteiger partial charge in [0.05, 0.1) is 27.9 Å². The van der Waals surface area contributed by atoms with Gasteiger partial charge in [-0.05, 0) is 48.4 Å². The number of halogens is 2. The Bertz CT molecular complexity index is 912. The Morgan fingerprint density at radius 2 is 1.93 bits per heavy atom. The summed E-state index contributed by atoms with van der Waals surface area (Å²) in [6, 6.07) is 9.98. The molecule has 0 aliphatic heterocycles. The van der Waals surface area contributed by atoms with Crippen molar-refractivity contribution in [3.05, 3.63) is 63.1 Å². The summed E-state index contributed by atoms with van der Waals surface area (Å²) in [5, 5.41) is 14.1. The summed E-state index contributed by atoms with van der Waals surface area (Å²) in [7, 11) is 3.85. The van der Waals surface area contributed by atoms with Gasteiger partial charge in [0.15, 0.2) is 0 Å². The van der Waals surface area contributed by atoms with Crippen molar-refractivity contribution in [2.75, 3.05) is 14.1 Å². The van der Waals surface area contributed by atoms with Gasteiger partial charge in [0.25, 0.3) is 5.91 Å². The summed E-state index contributed by atoms with van der Waals surface area (Å²) in [5.74, 6) is 0.550. The van der Waals surface area contributed by atoms with Gasteiger partial charge in [-0.3, -0.25) is 4.79 Å². The number of aliphatic imine (C=N–C) groups is 1. The van der Waals surface area contributed by atoms with Gasteiger partial charge in [0.2, 0.25) is 0 Å². The molecule has 1 aliphatic rings. The molecule has 3 rings (SSSR count). The van der Waals surface area contributed by atoms with Crippen LogP contribution in [0.5, 0.6) is 0 Å². The standard InChI is InChI=1S/C20H21Cl2N3O2/c1-11(25(2)3)23-14-6-4-12-9-18(26)19(15(12)10-14)24-20(27)13-5-7-16(21)17(22)8-13/h4-8,10,18-19,26H,9H2,1-3H3,(H,24,27). The van der Waals surface area contributed by atoms with Crippen LogP contribution >= 0.6 is 23.2 Å². The summed E-state index contributed by atoms with van der Waals surface area (Å²) in [5.41, 5.74) is 3.05. The molecule has 142 valence electrons. The minimum absolute atomic E-state index is 0.312. The maximum absolute atomic E-state index is 12.6. The smallest absolute Gasteiger partial charge is 0.251 e. The second-order valence-corrected chi connectivity index (χ2v) is 7.60. The Labute approximate surface area is 168 Å². The summed E-state index contributed by atoms with van der Waals surface area (Å²) < 4.78 is 0. The summed E-state index contributed by atoms with van der Waals surface area (Å²) in [4.78, 5) is 19.1. The van der Waals surface area contributed by atoms with Crippen molar-refractivity contribution >= 4 is 40.6 Å². The molecule has 1 amide bonds. The Kier molecular flexibility index (Phi) is 5.75. The second kappa shape index (κ2) is 7.89. The number of nitrogens with zero attached hydrogens (tertiary/aromatic N) is 2. The summed E-state index contributed by atoms with van der Waals surface area (Å²) >= 11 is 11.9. The lowest BCUT2D eigenvalue weighted by Crippen LogP contribution is -2.33. The third-order valence-corrected chi connectivity index (χ3v) is 5.42. The van der Waals surface area contributed by atoms with Crippen molar-refractivity contribution in [1.82, 2.24) is 10.2 Å². The molecule has 0 saturated heterocycles. The van der Waals surface area contributed by atoms with E-state index in [2.05, 4.69) is 10.3 Å². The molecule has 2 unspecified atom stereocenters. The first-order valence-corrected chi connectivity index (χ1v) is 9.31. The quantitative estimate of drug-likeness (QED) is 0.599. The van der Waals surface area contributed by atoms with Gasteiger partial charge in [0, 0.05) is 26.1 Å². The number of hydrogen-bond donors (Lipinski definition) is 2. The highest BCUT2D eigenvalue weighted by Crippen LogP contribution is 2.35. The minimum atomic E-state index is -0.694. The van der Waals surface area contributed by atoms with Crippen LogP contribution < -0.4 is 5.32 Å². The van der Waals surface area contributed by atoms with Crippen molar-refractivity contribution in [3.63, 3.8) is 0 Å². The van der Waals surface area contributed by atoms with Crippen LogP contribution in [0.25, 0.3) is 0 Å². The number of carbonyl (C=O) groups excluding carboxylic acids is 1. The van der Waals surface area contributed by atoms with E-state index in [4.69, 9.17) is 23.2 Å². The Morgan fingerprint density at radius 1 is 1.19 bits per heavy atom. The average molecular weight is 406 g/mol. The highest BCUT2D eigenvalue weighted by molar-refractivity contribution is 6.42. The van der Waals surface area contributed by atoms with E-state index in [0.717, 1.165) is 22.6 Å². The van der Waals surface area contributed by atoms with Gasteiger partial charge < -0.3 is 15.3 Å². The number of benzene rings is 2. The van der Waals surface area contributed by atoms with E-state index >= 15 is 0 Å². The third-order valence-electron chi connectivity index (χ3n) is 4.68. The van der Waals surface area contributed by atoms with E-state index in [1.165, 1.54) is 6.07 Å². The molecule has 7 heteroatoms. The number of aliphatic hydroxyl groups excluding tert-OH is 1. The predicted octanol–water partition coefficient (Wildman–Crippen LogP) is 3.99. The van der Waals surface area contributed by atoms with Crippen LogP contribution in [0.15, 0.2) is 41.4 Å². The predicted molar refractivity (Wildman–Crippen MR) is 109 cm³/mol. The highest BCUT2D eigenvalue weighted by atomic mass is 35.5. The molecular formula is C20H21Cl2N3O2. The van der Waals surface area contributed by atoms with Gasteiger partial charge in [-0.1, -0.05) is 29.3 Å². The SMILES string of the molecule is CC(=Nc1ccc2c(c1)C(NC(=O)c1ccc(Cl)c(Cl)c1)C(O)C2)N(C)C. The summed E-state index contributed by atoms with van der Waals surface area (Å²) in [6.07, 6.45) is -0.209. The van der Waals surface area contributed by atoms with Crippen molar-refractivity contribution in [1.29, 1.82) is 0 Å². The van der Waals surface area contributed by atoms with Crippen LogP contribution in [0, 0.1) is 0 Å². The molecule has 0 radical (unpaired) electrons. The van der Waals surface area contributed by atoms with Crippen molar-refractivity contribution in [3.8, 4) is 0 Å². The van der Waals surface area contributed by atoms with Crippen molar-refractivity contribution < 1.29 is 9.90 Å². The molecule has 0 fully saturated rings. The molecule has 2 aromatic carbocycles. The number of aliphatic hydroxyl groups is 1. The van der Waals surface area contributed by atoms with Crippen molar-refractivity contribution in [2.24, 2.45) is 4.99 Å². The zero-order valence-corrected chi connectivity index (χ0v) is 16.8. The van der Waals surface area contributed by atoms with Gasteiger partial charge in [0.1, 0.15) is 5.84 Å². The summed E-state index contributed by atoms with van der Waals surface area (Å²) in [6.45, 7) is 1.92. The second-order valence-electron chi connectivity index (χ2n) is 6.79. The van der Waals surface area contributed by atoms with Crippen LogP contribution in [0.4, 0.5) is 5.69 Å². The average Bonchev–Trinajstić information content (AvgIpc) is 2.92. The first-order chi connectivity index (χ1) is 12.8. The normalized spacial score (nSPS) is 19.0. The third kappa shape index (κ3) is 4.26. The maximum Gasteiger partial charge on any atom is 0.251 e. The van der Waals surface area contributed by atoms with Gasteiger partial charge in [-0.25, -0.2) is 4.99 Å². The number of hydrogen-bond acceptors (Lipinski definition) is 3. The number of amides is 1. The van der Waals surface area contributed by atoms with E-state index in [0.29, 0.717) is 22.0 Å². The lowest BCUT2D eigenvalue weighted by atomic mass is 10.1. The molecule has 0 bridgehead atoms. The van der Waals surface area contributed by atoms with E-state index in [1.807, 2.05) is 44.1 Å². The fourth-order valence-corrected chi connectivity index (χ4v) is 3.30. The number of amidine groups is 1. The minimum Gasteiger partial charge on any atom is -0.390 e. The monoisotopic (exact) mass is 405 g/mol. The Morgan fingerprint density at radius 3 is 2.59 bits per heavy atom. The van der Waals surface area contributed by atoms with E-state index in [-0.39, 0.29) is 5.91 Å². The van der Waals surface area contributed by atoms with Crippen LogP contribution in [0.1, 0.15) is 34.5 Å². The lowest BCUT2D eigenvalue weighted by Gasteiger charge is -2.18. The van der Waals surface area contributed by atoms with Gasteiger partial charge >= 0.3 is 0 Å². The van der Waals surface area contributed by atoms with Crippen molar-refractivity contribution in [2.45, 2.75) is 25.5 Å². The molecule has 0 aromatic heterocycles. The molecule has 0 heterocycles. The van der Waals surface area contributed by atoms with E-state index in [9.17, 15) is 9.90 Å². The van der Waals surface area contributed by atoms with Crippen LogP contribution in [-0.2, 0) is 6.42 Å². The van der Waals surface area contributed by atoms with Crippen LogP contribution in [0.2, 0.25) is 10.0 Å². The highest BCUT2D eigenvalue weighted by Gasteiger charge is 2.32. The Balaban J connectivity index is 1.86. The number of fused-ring (bicyclic) bond motifs is 1. The number of rotatable bonds is 3.